The second-order valence-corrected chi connectivity index (χ2v) is 7.96. The number of ether oxygens (including phenoxy) is 1. The normalized spacial score (nSPS) is 15.8. The minimum absolute atomic E-state index is 0.109. The maximum absolute atomic E-state index is 12.8. The highest BCUT2D eigenvalue weighted by Crippen LogP contribution is 2.24. The Morgan fingerprint density at radius 2 is 1.81 bits per heavy atom. The Morgan fingerprint density at radius 1 is 1.15 bits per heavy atom. The van der Waals surface area contributed by atoms with Crippen LogP contribution in [0.1, 0.15) is 17.0 Å². The van der Waals surface area contributed by atoms with Gasteiger partial charge in [0.15, 0.2) is 5.76 Å². The molecule has 0 bridgehead atoms. The van der Waals surface area contributed by atoms with Crippen molar-refractivity contribution in [2.24, 2.45) is 0 Å². The summed E-state index contributed by atoms with van der Waals surface area (Å²) in [6, 6.07) is 9.40. The van der Waals surface area contributed by atoms with Crippen LogP contribution in [0.4, 0.5) is 4.79 Å². The van der Waals surface area contributed by atoms with Crippen LogP contribution < -0.4 is 0 Å². The molecule has 0 aliphatic carbocycles. The number of hydrogen-bond acceptors (Lipinski definition) is 6. The van der Waals surface area contributed by atoms with Crippen molar-refractivity contribution >= 4 is 16.1 Å². The molecule has 1 amide bonds. The third-order valence-electron chi connectivity index (χ3n) is 4.27. The number of aromatic nitrogens is 1. The fourth-order valence-corrected chi connectivity index (χ4v) is 4.61. The lowest BCUT2D eigenvalue weighted by Gasteiger charge is -2.33. The molecule has 3 rings (SSSR count). The van der Waals surface area contributed by atoms with E-state index in [0.29, 0.717) is 5.69 Å². The van der Waals surface area contributed by atoms with Crippen LogP contribution in [0.2, 0.25) is 0 Å². The highest BCUT2D eigenvalue weighted by atomic mass is 32.2. The lowest BCUT2D eigenvalue weighted by atomic mass is 10.2. The van der Waals surface area contributed by atoms with Gasteiger partial charge in [0.25, 0.3) is 0 Å². The number of amides is 1. The van der Waals surface area contributed by atoms with Crippen molar-refractivity contribution in [2.45, 2.75) is 25.3 Å². The number of carbonyl (C=O) groups excluding carboxylic acids is 1. The summed E-state index contributed by atoms with van der Waals surface area (Å²) in [5, 5.41) is 3.71. The van der Waals surface area contributed by atoms with E-state index in [4.69, 9.17) is 9.26 Å². The monoisotopic (exact) mass is 379 g/mol. The Kier molecular flexibility index (Phi) is 5.28. The van der Waals surface area contributed by atoms with Gasteiger partial charge in [0.2, 0.25) is 10.0 Å². The molecule has 140 valence electrons. The first-order chi connectivity index (χ1) is 12.4. The van der Waals surface area contributed by atoms with Crippen molar-refractivity contribution in [1.82, 2.24) is 14.4 Å². The lowest BCUT2D eigenvalue weighted by Crippen LogP contribution is -2.50. The van der Waals surface area contributed by atoms with E-state index in [2.05, 4.69) is 5.16 Å². The Labute approximate surface area is 152 Å². The van der Waals surface area contributed by atoms with Gasteiger partial charge in [-0.2, -0.15) is 4.31 Å². The Bertz CT molecular complexity index is 852. The van der Waals surface area contributed by atoms with Crippen LogP contribution in [0.5, 0.6) is 0 Å². The highest BCUT2D eigenvalue weighted by Gasteiger charge is 2.34. The second-order valence-electron chi connectivity index (χ2n) is 6.08. The van der Waals surface area contributed by atoms with Crippen LogP contribution in [0.15, 0.2) is 39.8 Å². The summed E-state index contributed by atoms with van der Waals surface area (Å²) in [7, 11) is -3.69. The number of carbonyl (C=O) groups is 1. The zero-order valence-corrected chi connectivity index (χ0v) is 15.5. The SMILES string of the molecule is Cc1noc(C)c1S(=O)(=O)N1CCN(C(=O)OCc2ccccc2)CC1. The third kappa shape index (κ3) is 3.73. The molecule has 1 aromatic heterocycles. The van der Waals surface area contributed by atoms with E-state index < -0.39 is 16.1 Å². The van der Waals surface area contributed by atoms with Gasteiger partial charge in [-0.1, -0.05) is 35.5 Å². The molecule has 8 nitrogen and oxygen atoms in total. The van der Waals surface area contributed by atoms with E-state index in [1.54, 1.807) is 13.8 Å². The summed E-state index contributed by atoms with van der Waals surface area (Å²) in [4.78, 5) is 13.8. The third-order valence-corrected chi connectivity index (χ3v) is 6.41. The number of hydrogen-bond donors (Lipinski definition) is 0. The standard InChI is InChI=1S/C17H21N3O5S/c1-13-16(14(2)25-18-13)26(22,23)20-10-8-19(9-11-20)17(21)24-12-15-6-4-3-5-7-15/h3-7H,8-12H2,1-2H3. The Balaban J connectivity index is 1.58. The first kappa shape index (κ1) is 18.4. The van der Waals surface area contributed by atoms with Crippen LogP contribution in [0, 0.1) is 13.8 Å². The predicted octanol–water partition coefficient (Wildman–Crippen LogP) is 1.93. The first-order valence-electron chi connectivity index (χ1n) is 8.28. The average Bonchev–Trinajstić information content (AvgIpc) is 2.99. The number of piperazine rings is 1. The van der Waals surface area contributed by atoms with E-state index in [1.165, 1.54) is 9.21 Å². The molecule has 1 aliphatic rings. The van der Waals surface area contributed by atoms with Gasteiger partial charge in [0, 0.05) is 26.2 Å². The fraction of sp³-hybridized carbons (Fsp3) is 0.412. The van der Waals surface area contributed by atoms with Gasteiger partial charge >= 0.3 is 6.09 Å². The molecule has 1 aromatic carbocycles. The van der Waals surface area contributed by atoms with Gasteiger partial charge < -0.3 is 14.2 Å². The number of sulfonamides is 1. The van der Waals surface area contributed by atoms with Crippen LogP contribution in [0.3, 0.4) is 0 Å². The summed E-state index contributed by atoms with van der Waals surface area (Å²) in [6.45, 7) is 4.31. The van der Waals surface area contributed by atoms with Crippen molar-refractivity contribution in [3.63, 3.8) is 0 Å². The topological polar surface area (TPSA) is 93.0 Å². The fourth-order valence-electron chi connectivity index (χ4n) is 2.89. The summed E-state index contributed by atoms with van der Waals surface area (Å²) in [6.07, 6.45) is -0.441. The molecule has 0 spiro atoms. The summed E-state index contributed by atoms with van der Waals surface area (Å²) >= 11 is 0. The van der Waals surface area contributed by atoms with Gasteiger partial charge in [0.1, 0.15) is 17.2 Å². The molecular formula is C17H21N3O5S. The number of nitrogens with zero attached hydrogens (tertiary/aromatic N) is 3. The molecule has 9 heteroatoms. The highest BCUT2D eigenvalue weighted by molar-refractivity contribution is 7.89. The van der Waals surface area contributed by atoms with E-state index >= 15 is 0 Å². The van der Waals surface area contributed by atoms with Gasteiger partial charge in [-0.05, 0) is 19.4 Å². The Morgan fingerprint density at radius 3 is 2.38 bits per heavy atom. The smallest absolute Gasteiger partial charge is 0.410 e. The lowest BCUT2D eigenvalue weighted by molar-refractivity contribution is 0.0838. The van der Waals surface area contributed by atoms with E-state index in [0.717, 1.165) is 5.56 Å². The molecule has 0 N–H and O–H groups in total. The van der Waals surface area contributed by atoms with Crippen molar-refractivity contribution in [3.05, 3.63) is 47.3 Å². The zero-order chi connectivity index (χ0) is 18.7. The van der Waals surface area contributed by atoms with Crippen LogP contribution in [0.25, 0.3) is 0 Å². The van der Waals surface area contributed by atoms with Gasteiger partial charge in [-0.15, -0.1) is 0 Å². The minimum Gasteiger partial charge on any atom is -0.445 e. The number of benzene rings is 1. The van der Waals surface area contributed by atoms with Crippen molar-refractivity contribution in [1.29, 1.82) is 0 Å². The molecule has 0 atom stereocenters. The molecule has 0 saturated carbocycles. The largest absolute Gasteiger partial charge is 0.445 e. The van der Waals surface area contributed by atoms with E-state index in [-0.39, 0.29) is 43.4 Å². The summed E-state index contributed by atoms with van der Waals surface area (Å²) in [5.41, 5.74) is 1.24. The van der Waals surface area contributed by atoms with Crippen molar-refractivity contribution in [3.8, 4) is 0 Å². The summed E-state index contributed by atoms with van der Waals surface area (Å²) < 4.78 is 37.1. The van der Waals surface area contributed by atoms with Crippen LogP contribution >= 0.6 is 0 Å². The second kappa shape index (κ2) is 7.46. The van der Waals surface area contributed by atoms with Crippen molar-refractivity contribution < 1.29 is 22.5 Å². The molecule has 1 aliphatic heterocycles. The molecule has 2 heterocycles. The maximum Gasteiger partial charge on any atom is 0.410 e. The zero-order valence-electron chi connectivity index (χ0n) is 14.7. The molecule has 0 unspecified atom stereocenters. The predicted molar refractivity (Wildman–Crippen MR) is 92.9 cm³/mol. The van der Waals surface area contributed by atoms with Crippen LogP contribution in [-0.2, 0) is 21.4 Å². The number of aryl methyl sites for hydroxylation is 2. The quantitative estimate of drug-likeness (QED) is 0.806. The molecule has 1 saturated heterocycles. The molecule has 0 radical (unpaired) electrons. The molecule has 1 fully saturated rings. The Hall–Kier alpha value is -2.39. The van der Waals surface area contributed by atoms with Gasteiger partial charge in [-0.25, -0.2) is 13.2 Å². The molecule has 26 heavy (non-hydrogen) atoms. The minimum atomic E-state index is -3.69. The van der Waals surface area contributed by atoms with E-state index in [1.807, 2.05) is 30.3 Å². The maximum atomic E-state index is 12.8. The van der Waals surface area contributed by atoms with E-state index in [9.17, 15) is 13.2 Å². The first-order valence-corrected chi connectivity index (χ1v) is 9.72. The molecular weight excluding hydrogens is 358 g/mol. The van der Waals surface area contributed by atoms with Gasteiger partial charge in [0.05, 0.1) is 0 Å². The molecule has 2 aromatic rings. The van der Waals surface area contributed by atoms with Crippen molar-refractivity contribution in [2.75, 3.05) is 26.2 Å². The van der Waals surface area contributed by atoms with Gasteiger partial charge in [-0.3, -0.25) is 0 Å². The number of rotatable bonds is 4. The summed E-state index contributed by atoms with van der Waals surface area (Å²) in [5.74, 6) is 0.271. The average molecular weight is 379 g/mol. The van der Waals surface area contributed by atoms with Crippen LogP contribution in [-0.4, -0.2) is 55.1 Å².